The van der Waals surface area contributed by atoms with E-state index in [1.54, 1.807) is 12.1 Å². The van der Waals surface area contributed by atoms with Crippen molar-refractivity contribution in [3.05, 3.63) is 35.4 Å². The smallest absolute Gasteiger partial charge is 0.416 e. The van der Waals surface area contributed by atoms with Gasteiger partial charge in [-0.1, -0.05) is 19.1 Å². The van der Waals surface area contributed by atoms with Crippen LogP contribution in [0.1, 0.15) is 56.1 Å². The van der Waals surface area contributed by atoms with E-state index in [1.807, 2.05) is 11.8 Å². The van der Waals surface area contributed by atoms with E-state index in [1.165, 1.54) is 12.1 Å². The summed E-state index contributed by atoms with van der Waals surface area (Å²) < 4.78 is 38.1. The number of carboxylic acid groups (broad SMARTS) is 1. The normalized spacial score (nSPS) is 28.3. The number of hydrogen-bond donors (Lipinski definition) is 2. The molecule has 27 heavy (non-hydrogen) atoms. The minimum absolute atomic E-state index is 0.0906. The summed E-state index contributed by atoms with van der Waals surface area (Å²) in [6.45, 7) is 2.81. The molecule has 0 bridgehead atoms. The van der Waals surface area contributed by atoms with Gasteiger partial charge in [0, 0.05) is 18.1 Å². The Kier molecular flexibility index (Phi) is 6.11. The van der Waals surface area contributed by atoms with Gasteiger partial charge < -0.3 is 10.4 Å². The number of carboxylic acids is 1. The van der Waals surface area contributed by atoms with E-state index in [0.29, 0.717) is 24.0 Å². The van der Waals surface area contributed by atoms with Crippen LogP contribution in [0.25, 0.3) is 0 Å². The Morgan fingerprint density at radius 3 is 2.37 bits per heavy atom. The van der Waals surface area contributed by atoms with Gasteiger partial charge >= 0.3 is 12.1 Å². The van der Waals surface area contributed by atoms with Crippen LogP contribution in [-0.4, -0.2) is 47.2 Å². The Morgan fingerprint density at radius 1 is 1.15 bits per heavy atom. The van der Waals surface area contributed by atoms with Crippen molar-refractivity contribution in [2.45, 2.75) is 69.2 Å². The third kappa shape index (κ3) is 5.02. The lowest BCUT2D eigenvalue weighted by molar-refractivity contribution is -0.139. The molecule has 4 nitrogen and oxygen atoms in total. The van der Waals surface area contributed by atoms with E-state index < -0.39 is 17.7 Å². The number of rotatable bonds is 7. The molecule has 0 saturated heterocycles. The monoisotopic (exact) mass is 384 g/mol. The fraction of sp³-hybridized carbons (Fsp3) is 0.650. The van der Waals surface area contributed by atoms with Crippen molar-refractivity contribution in [1.29, 1.82) is 0 Å². The standard InChI is InChI=1S/C20H27F3N2O2/c1-2-25(12-19(26)27)18-10-17(11-18)24-16-8-5-14(9-16)13-3-6-15(7-4-13)20(21,22)23/h3-4,6-7,14,16-18,24H,2,5,8-12H2,1H3,(H,26,27). The number of carbonyl (C=O) groups is 1. The summed E-state index contributed by atoms with van der Waals surface area (Å²) in [5, 5.41) is 12.6. The summed E-state index contributed by atoms with van der Waals surface area (Å²) in [7, 11) is 0. The topological polar surface area (TPSA) is 52.6 Å². The zero-order valence-corrected chi connectivity index (χ0v) is 15.5. The molecule has 1 aromatic carbocycles. The highest BCUT2D eigenvalue weighted by molar-refractivity contribution is 5.69. The van der Waals surface area contributed by atoms with Crippen molar-refractivity contribution in [1.82, 2.24) is 10.2 Å². The fourth-order valence-corrected chi connectivity index (χ4v) is 4.41. The first-order chi connectivity index (χ1) is 12.8. The second kappa shape index (κ2) is 8.19. The van der Waals surface area contributed by atoms with E-state index in [2.05, 4.69) is 5.32 Å². The molecule has 2 N–H and O–H groups in total. The fourth-order valence-electron chi connectivity index (χ4n) is 4.41. The average molecular weight is 384 g/mol. The number of likely N-dealkylation sites (N-methyl/N-ethyl adjacent to an activating group) is 1. The van der Waals surface area contributed by atoms with Crippen LogP contribution in [0.3, 0.4) is 0 Å². The average Bonchev–Trinajstić information content (AvgIpc) is 3.04. The SMILES string of the molecule is CCN(CC(=O)O)C1CC(NC2CCC(c3ccc(C(F)(F)F)cc3)C2)C1. The van der Waals surface area contributed by atoms with Gasteiger partial charge in [0.2, 0.25) is 0 Å². The molecule has 150 valence electrons. The van der Waals surface area contributed by atoms with Crippen molar-refractivity contribution in [3.8, 4) is 0 Å². The maximum atomic E-state index is 12.7. The second-order valence-electron chi connectivity index (χ2n) is 7.77. The van der Waals surface area contributed by atoms with Gasteiger partial charge in [0.15, 0.2) is 0 Å². The predicted molar refractivity (Wildman–Crippen MR) is 96.7 cm³/mol. The Labute approximate surface area is 157 Å². The van der Waals surface area contributed by atoms with Gasteiger partial charge in [0.25, 0.3) is 0 Å². The molecular formula is C20H27F3N2O2. The van der Waals surface area contributed by atoms with Crippen LogP contribution in [0.5, 0.6) is 0 Å². The summed E-state index contributed by atoms with van der Waals surface area (Å²) in [5.74, 6) is -0.483. The first-order valence-electron chi connectivity index (χ1n) is 9.65. The number of nitrogens with one attached hydrogen (secondary N) is 1. The molecule has 0 amide bonds. The van der Waals surface area contributed by atoms with Gasteiger partial charge in [0.1, 0.15) is 0 Å². The van der Waals surface area contributed by atoms with E-state index >= 15 is 0 Å². The maximum absolute atomic E-state index is 12.7. The molecule has 2 aliphatic rings. The lowest BCUT2D eigenvalue weighted by Crippen LogP contribution is -2.55. The second-order valence-corrected chi connectivity index (χ2v) is 7.77. The summed E-state index contributed by atoms with van der Waals surface area (Å²) >= 11 is 0. The van der Waals surface area contributed by atoms with E-state index in [-0.39, 0.29) is 6.54 Å². The summed E-state index contributed by atoms with van der Waals surface area (Å²) in [6.07, 6.45) is 0.592. The molecule has 1 aromatic rings. The zero-order chi connectivity index (χ0) is 19.6. The predicted octanol–water partition coefficient (Wildman–Crippen LogP) is 3.87. The van der Waals surface area contributed by atoms with Gasteiger partial charge in [0.05, 0.1) is 12.1 Å². The maximum Gasteiger partial charge on any atom is 0.416 e. The van der Waals surface area contributed by atoms with Gasteiger partial charge in [-0.25, -0.2) is 0 Å². The molecule has 2 unspecified atom stereocenters. The molecule has 0 aliphatic heterocycles. The third-order valence-electron chi connectivity index (χ3n) is 5.99. The number of aliphatic carboxylic acids is 1. The first-order valence-corrected chi connectivity index (χ1v) is 9.65. The molecule has 2 saturated carbocycles. The van der Waals surface area contributed by atoms with Gasteiger partial charge in [-0.05, 0) is 62.3 Å². The Morgan fingerprint density at radius 2 is 1.81 bits per heavy atom. The van der Waals surface area contributed by atoms with Crippen molar-refractivity contribution in [2.24, 2.45) is 0 Å². The molecule has 0 heterocycles. The van der Waals surface area contributed by atoms with Crippen LogP contribution in [0.15, 0.2) is 24.3 Å². The van der Waals surface area contributed by atoms with E-state index in [4.69, 9.17) is 5.11 Å². The van der Waals surface area contributed by atoms with Crippen LogP contribution in [0.2, 0.25) is 0 Å². The molecule has 3 rings (SSSR count). The van der Waals surface area contributed by atoms with Gasteiger partial charge in [-0.3, -0.25) is 9.69 Å². The Hall–Kier alpha value is -1.60. The molecule has 7 heteroatoms. The summed E-state index contributed by atoms with van der Waals surface area (Å²) in [6, 6.07) is 6.70. The van der Waals surface area contributed by atoms with Crippen molar-refractivity contribution in [2.75, 3.05) is 13.1 Å². The van der Waals surface area contributed by atoms with Crippen molar-refractivity contribution in [3.63, 3.8) is 0 Å². The van der Waals surface area contributed by atoms with Crippen LogP contribution < -0.4 is 5.32 Å². The van der Waals surface area contributed by atoms with Crippen molar-refractivity contribution < 1.29 is 23.1 Å². The highest BCUT2D eigenvalue weighted by atomic mass is 19.4. The Balaban J connectivity index is 1.45. The summed E-state index contributed by atoms with van der Waals surface area (Å²) in [5.41, 5.74) is 0.388. The number of alkyl halides is 3. The minimum Gasteiger partial charge on any atom is -0.480 e. The van der Waals surface area contributed by atoms with Crippen LogP contribution in [0.4, 0.5) is 13.2 Å². The quantitative estimate of drug-likeness (QED) is 0.749. The molecular weight excluding hydrogens is 357 g/mol. The molecule has 2 aliphatic carbocycles. The largest absolute Gasteiger partial charge is 0.480 e. The third-order valence-corrected chi connectivity index (χ3v) is 5.99. The minimum atomic E-state index is -4.29. The van der Waals surface area contributed by atoms with E-state index in [9.17, 15) is 18.0 Å². The number of nitrogens with zero attached hydrogens (tertiary/aromatic N) is 1. The highest BCUT2D eigenvalue weighted by Crippen LogP contribution is 2.37. The van der Waals surface area contributed by atoms with Gasteiger partial charge in [-0.15, -0.1) is 0 Å². The van der Waals surface area contributed by atoms with E-state index in [0.717, 1.165) is 44.2 Å². The molecule has 2 fully saturated rings. The lowest BCUT2D eigenvalue weighted by Gasteiger charge is -2.43. The molecule has 2 atom stereocenters. The van der Waals surface area contributed by atoms with Gasteiger partial charge in [-0.2, -0.15) is 13.2 Å². The highest BCUT2D eigenvalue weighted by Gasteiger charge is 2.36. The lowest BCUT2D eigenvalue weighted by atomic mass is 9.84. The Bertz CT molecular complexity index is 642. The summed E-state index contributed by atoms with van der Waals surface area (Å²) in [4.78, 5) is 12.9. The first kappa shape index (κ1) is 20.1. The van der Waals surface area contributed by atoms with Crippen LogP contribution in [0, 0.1) is 0 Å². The molecule has 0 spiro atoms. The van der Waals surface area contributed by atoms with Crippen LogP contribution >= 0.6 is 0 Å². The molecule has 0 radical (unpaired) electrons. The zero-order valence-electron chi connectivity index (χ0n) is 15.5. The molecule has 0 aromatic heterocycles. The van der Waals surface area contributed by atoms with Crippen LogP contribution in [-0.2, 0) is 11.0 Å². The number of benzene rings is 1. The van der Waals surface area contributed by atoms with Crippen molar-refractivity contribution >= 4 is 5.97 Å². The number of halogens is 3. The number of hydrogen-bond acceptors (Lipinski definition) is 3.